The molecule has 5 nitrogen and oxygen atoms in total. The lowest BCUT2D eigenvalue weighted by atomic mass is 10.2. The van der Waals surface area contributed by atoms with E-state index in [1.54, 1.807) is 4.52 Å². The zero-order valence-corrected chi connectivity index (χ0v) is 12.7. The van der Waals surface area contributed by atoms with Gasteiger partial charge in [-0.2, -0.15) is 9.61 Å². The first-order valence-corrected chi connectivity index (χ1v) is 7.72. The van der Waals surface area contributed by atoms with Gasteiger partial charge in [-0.3, -0.25) is 0 Å². The molecule has 6 heteroatoms. The van der Waals surface area contributed by atoms with E-state index in [1.807, 2.05) is 42.5 Å². The number of anilines is 2. The van der Waals surface area contributed by atoms with Crippen molar-refractivity contribution >= 4 is 27.9 Å². The molecule has 0 saturated carbocycles. The van der Waals surface area contributed by atoms with Crippen LogP contribution in [0.1, 0.15) is 5.56 Å². The van der Waals surface area contributed by atoms with Gasteiger partial charge >= 0.3 is 0 Å². The fourth-order valence-corrected chi connectivity index (χ4v) is 3.00. The van der Waals surface area contributed by atoms with Crippen molar-refractivity contribution in [2.24, 2.45) is 0 Å². The Morgan fingerprint density at radius 2 is 1.73 bits per heavy atom. The second kappa shape index (κ2) is 5.23. The van der Waals surface area contributed by atoms with Gasteiger partial charge in [0.1, 0.15) is 5.01 Å². The minimum atomic E-state index is 0.622. The molecule has 0 fully saturated rings. The number of nitrogens with zero attached hydrogens (tertiary/aromatic N) is 4. The summed E-state index contributed by atoms with van der Waals surface area (Å²) in [5.41, 5.74) is 3.27. The van der Waals surface area contributed by atoms with E-state index in [2.05, 4.69) is 39.7 Å². The first-order valence-electron chi connectivity index (χ1n) is 6.91. The van der Waals surface area contributed by atoms with E-state index < -0.39 is 0 Å². The molecule has 0 saturated heterocycles. The van der Waals surface area contributed by atoms with Crippen LogP contribution in [-0.4, -0.2) is 19.8 Å². The minimum absolute atomic E-state index is 0.622. The normalized spacial score (nSPS) is 11.0. The number of aromatic nitrogens is 4. The van der Waals surface area contributed by atoms with Crippen LogP contribution in [0, 0.1) is 6.92 Å². The SMILES string of the molecule is Cc1ccc(Nc2nnc3sc(-c4ccccc4)nn23)cc1. The standard InChI is InChI=1S/C16H13N5S/c1-11-7-9-13(10-8-11)17-15-18-19-16-21(15)20-14(22-16)12-5-3-2-4-6-12/h2-10H,1H3,(H,17,18). The van der Waals surface area contributed by atoms with Gasteiger partial charge in [0, 0.05) is 11.3 Å². The number of rotatable bonds is 3. The summed E-state index contributed by atoms with van der Waals surface area (Å²) in [4.78, 5) is 0.772. The highest BCUT2D eigenvalue weighted by Gasteiger charge is 2.12. The maximum atomic E-state index is 4.60. The van der Waals surface area contributed by atoms with Crippen LogP contribution < -0.4 is 5.32 Å². The summed E-state index contributed by atoms with van der Waals surface area (Å²) < 4.78 is 1.74. The van der Waals surface area contributed by atoms with Crippen molar-refractivity contribution in [2.75, 3.05) is 5.32 Å². The Balaban J connectivity index is 1.70. The van der Waals surface area contributed by atoms with Crippen molar-refractivity contribution in [1.82, 2.24) is 19.8 Å². The van der Waals surface area contributed by atoms with E-state index in [9.17, 15) is 0 Å². The lowest BCUT2D eigenvalue weighted by Crippen LogP contribution is -1.97. The largest absolute Gasteiger partial charge is 0.323 e. The van der Waals surface area contributed by atoms with Crippen LogP contribution in [-0.2, 0) is 0 Å². The number of nitrogens with one attached hydrogen (secondary N) is 1. The number of hydrogen-bond acceptors (Lipinski definition) is 5. The minimum Gasteiger partial charge on any atom is -0.323 e. The average molecular weight is 307 g/mol. The van der Waals surface area contributed by atoms with E-state index in [1.165, 1.54) is 16.9 Å². The Bertz CT molecular complexity index is 909. The molecule has 0 aliphatic carbocycles. The van der Waals surface area contributed by atoms with E-state index in [4.69, 9.17) is 0 Å². The van der Waals surface area contributed by atoms with Crippen LogP contribution in [0.25, 0.3) is 15.5 Å². The molecular weight excluding hydrogens is 294 g/mol. The van der Waals surface area contributed by atoms with Crippen LogP contribution in [0.4, 0.5) is 11.6 Å². The van der Waals surface area contributed by atoms with Gasteiger partial charge in [-0.15, -0.1) is 10.2 Å². The second-order valence-electron chi connectivity index (χ2n) is 4.98. The molecule has 2 aromatic heterocycles. The summed E-state index contributed by atoms with van der Waals surface area (Å²) in [6, 6.07) is 18.2. The van der Waals surface area contributed by atoms with Gasteiger partial charge < -0.3 is 5.32 Å². The van der Waals surface area contributed by atoms with Crippen molar-refractivity contribution < 1.29 is 0 Å². The highest BCUT2D eigenvalue weighted by atomic mass is 32.1. The number of benzene rings is 2. The summed E-state index contributed by atoms with van der Waals surface area (Å²) in [5, 5.41) is 17.1. The number of fused-ring (bicyclic) bond motifs is 1. The molecule has 0 atom stereocenters. The first-order chi connectivity index (χ1) is 10.8. The molecule has 0 unspecified atom stereocenters. The number of aryl methyl sites for hydroxylation is 1. The van der Waals surface area contributed by atoms with Crippen LogP contribution in [0.15, 0.2) is 54.6 Å². The molecule has 0 aliphatic heterocycles. The molecule has 22 heavy (non-hydrogen) atoms. The summed E-state index contributed by atoms with van der Waals surface area (Å²) in [6.45, 7) is 2.06. The van der Waals surface area contributed by atoms with Crippen LogP contribution >= 0.6 is 11.3 Å². The molecule has 108 valence electrons. The first kappa shape index (κ1) is 13.0. The molecular formula is C16H13N5S. The topological polar surface area (TPSA) is 55.1 Å². The molecule has 0 radical (unpaired) electrons. The fourth-order valence-electron chi connectivity index (χ4n) is 2.16. The lowest BCUT2D eigenvalue weighted by Gasteiger charge is -2.02. The van der Waals surface area contributed by atoms with E-state index in [-0.39, 0.29) is 0 Å². The fraction of sp³-hybridized carbons (Fsp3) is 0.0625. The molecule has 0 amide bonds. The highest BCUT2D eigenvalue weighted by Crippen LogP contribution is 2.26. The molecule has 0 bridgehead atoms. The summed E-state index contributed by atoms with van der Waals surface area (Å²) >= 11 is 1.52. The second-order valence-corrected chi connectivity index (χ2v) is 5.94. The van der Waals surface area contributed by atoms with Crippen LogP contribution in [0.5, 0.6) is 0 Å². The quantitative estimate of drug-likeness (QED) is 0.623. The van der Waals surface area contributed by atoms with Crippen molar-refractivity contribution in [3.8, 4) is 10.6 Å². The third-order valence-corrected chi connectivity index (χ3v) is 4.27. The van der Waals surface area contributed by atoms with Crippen LogP contribution in [0.3, 0.4) is 0 Å². The Morgan fingerprint density at radius 1 is 0.955 bits per heavy atom. The molecule has 4 rings (SSSR count). The third kappa shape index (κ3) is 2.33. The summed E-state index contributed by atoms with van der Waals surface area (Å²) in [7, 11) is 0. The van der Waals surface area contributed by atoms with Crippen LogP contribution in [0.2, 0.25) is 0 Å². The zero-order chi connectivity index (χ0) is 14.9. The lowest BCUT2D eigenvalue weighted by molar-refractivity contribution is 0.969. The van der Waals surface area contributed by atoms with Gasteiger partial charge in [0.25, 0.3) is 5.95 Å². The van der Waals surface area contributed by atoms with Crippen molar-refractivity contribution in [2.45, 2.75) is 6.92 Å². The highest BCUT2D eigenvalue weighted by molar-refractivity contribution is 7.19. The average Bonchev–Trinajstić information content (AvgIpc) is 3.12. The maximum absolute atomic E-state index is 4.60. The number of hydrogen-bond donors (Lipinski definition) is 1. The van der Waals surface area contributed by atoms with E-state index in [0.29, 0.717) is 5.95 Å². The van der Waals surface area contributed by atoms with Gasteiger partial charge in [0.15, 0.2) is 0 Å². The maximum Gasteiger partial charge on any atom is 0.251 e. The van der Waals surface area contributed by atoms with Gasteiger partial charge in [-0.05, 0) is 19.1 Å². The van der Waals surface area contributed by atoms with E-state index >= 15 is 0 Å². The van der Waals surface area contributed by atoms with Crippen molar-refractivity contribution in [1.29, 1.82) is 0 Å². The summed E-state index contributed by atoms with van der Waals surface area (Å²) in [5.74, 6) is 0.622. The van der Waals surface area contributed by atoms with E-state index in [0.717, 1.165) is 21.2 Å². The Morgan fingerprint density at radius 3 is 2.50 bits per heavy atom. The third-order valence-electron chi connectivity index (χ3n) is 3.32. The predicted molar refractivity (Wildman–Crippen MR) is 88.6 cm³/mol. The Hall–Kier alpha value is -2.73. The molecule has 0 aliphatic rings. The molecule has 0 spiro atoms. The molecule has 2 aromatic carbocycles. The molecule has 2 heterocycles. The van der Waals surface area contributed by atoms with Crippen molar-refractivity contribution in [3.05, 3.63) is 60.2 Å². The molecule has 4 aromatic rings. The van der Waals surface area contributed by atoms with Gasteiger partial charge in [-0.1, -0.05) is 59.4 Å². The smallest absolute Gasteiger partial charge is 0.251 e. The van der Waals surface area contributed by atoms with Gasteiger partial charge in [0.05, 0.1) is 0 Å². The molecule has 1 N–H and O–H groups in total. The summed E-state index contributed by atoms with van der Waals surface area (Å²) in [6.07, 6.45) is 0. The predicted octanol–water partition coefficient (Wildman–Crippen LogP) is 3.90. The Labute approximate surface area is 131 Å². The van der Waals surface area contributed by atoms with Gasteiger partial charge in [0.2, 0.25) is 4.96 Å². The van der Waals surface area contributed by atoms with Gasteiger partial charge in [-0.25, -0.2) is 0 Å². The Kier molecular flexibility index (Phi) is 3.08. The zero-order valence-electron chi connectivity index (χ0n) is 11.9. The monoisotopic (exact) mass is 307 g/mol. The van der Waals surface area contributed by atoms with Crippen molar-refractivity contribution in [3.63, 3.8) is 0 Å².